The summed E-state index contributed by atoms with van der Waals surface area (Å²) in [4.78, 5) is 33.6. The van der Waals surface area contributed by atoms with Crippen molar-refractivity contribution in [1.29, 1.82) is 0 Å². The van der Waals surface area contributed by atoms with Gasteiger partial charge in [-0.2, -0.15) is 0 Å². The van der Waals surface area contributed by atoms with Crippen LogP contribution in [-0.4, -0.2) is 30.5 Å². The van der Waals surface area contributed by atoms with E-state index in [1.807, 2.05) is 0 Å². The Balaban J connectivity index is 1.97. The molecule has 2 aromatic carbocycles. The Morgan fingerprint density at radius 2 is 1.88 bits per heavy atom. The molecular weight excluding hydrogens is 347 g/mol. The molecule has 0 aromatic heterocycles. The molecule has 0 saturated heterocycles. The predicted molar refractivity (Wildman–Crippen MR) is 88.2 cm³/mol. The van der Waals surface area contributed by atoms with Crippen molar-refractivity contribution in [3.05, 3.63) is 69.5 Å². The van der Waals surface area contributed by atoms with Gasteiger partial charge in [-0.3, -0.25) is 14.9 Å². The second-order valence-electron chi connectivity index (χ2n) is 5.12. The van der Waals surface area contributed by atoms with Crippen LogP contribution in [0.1, 0.15) is 15.9 Å². The van der Waals surface area contributed by atoms with Crippen LogP contribution in [0.15, 0.2) is 42.5 Å². The molecular formula is C17H15FN2O6. The normalized spacial score (nSPS) is 10.1. The third kappa shape index (κ3) is 5.00. The highest BCUT2D eigenvalue weighted by molar-refractivity contribution is 5.90. The maximum absolute atomic E-state index is 12.8. The standard InChI is InChI=1S/C17H15FN2O6/c1-25-17(22)12-4-7-15(14(8-12)20(23)24)26-10-16(21)19-9-11-2-5-13(18)6-3-11/h2-8H,9-10H2,1H3,(H,19,21). The summed E-state index contributed by atoms with van der Waals surface area (Å²) in [6.07, 6.45) is 0. The number of carbonyl (C=O) groups excluding carboxylic acids is 2. The molecule has 0 aliphatic carbocycles. The average Bonchev–Trinajstić information content (AvgIpc) is 2.65. The molecule has 0 bridgehead atoms. The number of carbonyl (C=O) groups is 2. The molecule has 0 spiro atoms. The van der Waals surface area contributed by atoms with Crippen LogP contribution >= 0.6 is 0 Å². The first-order valence-electron chi connectivity index (χ1n) is 7.41. The number of halogens is 1. The van der Waals surface area contributed by atoms with Crippen LogP contribution in [0.2, 0.25) is 0 Å². The fourth-order valence-electron chi connectivity index (χ4n) is 2.02. The highest BCUT2D eigenvalue weighted by Crippen LogP contribution is 2.28. The van der Waals surface area contributed by atoms with Gasteiger partial charge < -0.3 is 14.8 Å². The summed E-state index contributed by atoms with van der Waals surface area (Å²) in [7, 11) is 1.16. The van der Waals surface area contributed by atoms with Crippen LogP contribution in [-0.2, 0) is 16.1 Å². The lowest BCUT2D eigenvalue weighted by Crippen LogP contribution is -2.28. The van der Waals surface area contributed by atoms with Gasteiger partial charge in [0.15, 0.2) is 12.4 Å². The third-order valence-electron chi connectivity index (χ3n) is 3.34. The Morgan fingerprint density at radius 3 is 2.50 bits per heavy atom. The molecule has 0 radical (unpaired) electrons. The molecule has 1 amide bonds. The molecule has 0 aliphatic heterocycles. The van der Waals surface area contributed by atoms with Gasteiger partial charge in [-0.05, 0) is 29.8 Å². The van der Waals surface area contributed by atoms with Crippen molar-refractivity contribution in [3.63, 3.8) is 0 Å². The van der Waals surface area contributed by atoms with Gasteiger partial charge in [-0.25, -0.2) is 9.18 Å². The van der Waals surface area contributed by atoms with E-state index in [0.29, 0.717) is 5.56 Å². The van der Waals surface area contributed by atoms with Gasteiger partial charge in [0.25, 0.3) is 5.91 Å². The first-order valence-corrected chi connectivity index (χ1v) is 7.41. The molecule has 0 aliphatic rings. The van der Waals surface area contributed by atoms with E-state index in [0.717, 1.165) is 13.2 Å². The van der Waals surface area contributed by atoms with Gasteiger partial charge in [-0.1, -0.05) is 12.1 Å². The van der Waals surface area contributed by atoms with E-state index in [1.54, 1.807) is 0 Å². The van der Waals surface area contributed by atoms with E-state index in [4.69, 9.17) is 4.74 Å². The number of methoxy groups -OCH3 is 1. The summed E-state index contributed by atoms with van der Waals surface area (Å²) in [5.74, 6) is -1.77. The Morgan fingerprint density at radius 1 is 1.19 bits per heavy atom. The van der Waals surface area contributed by atoms with E-state index >= 15 is 0 Å². The summed E-state index contributed by atoms with van der Waals surface area (Å²) < 4.78 is 22.5. The summed E-state index contributed by atoms with van der Waals surface area (Å²) >= 11 is 0. The molecule has 136 valence electrons. The van der Waals surface area contributed by atoms with Gasteiger partial charge in [0.2, 0.25) is 0 Å². The molecule has 2 rings (SSSR count). The SMILES string of the molecule is COC(=O)c1ccc(OCC(=O)NCc2ccc(F)cc2)c([N+](=O)[O-])c1. The number of rotatable bonds is 7. The number of nitrogens with one attached hydrogen (secondary N) is 1. The zero-order chi connectivity index (χ0) is 19.1. The maximum atomic E-state index is 12.8. The minimum Gasteiger partial charge on any atom is -0.477 e. The van der Waals surface area contributed by atoms with Crippen LogP contribution in [0.5, 0.6) is 5.75 Å². The molecule has 0 saturated carbocycles. The van der Waals surface area contributed by atoms with Crippen molar-refractivity contribution in [3.8, 4) is 5.75 Å². The number of nitro benzene ring substituents is 1. The number of nitro groups is 1. The van der Waals surface area contributed by atoms with Gasteiger partial charge in [0.1, 0.15) is 5.82 Å². The second kappa shape index (κ2) is 8.56. The molecule has 0 heterocycles. The van der Waals surface area contributed by atoms with Crippen LogP contribution < -0.4 is 10.1 Å². The topological polar surface area (TPSA) is 108 Å². The van der Waals surface area contributed by atoms with Crippen molar-refractivity contribution in [2.45, 2.75) is 6.54 Å². The number of amides is 1. The fourth-order valence-corrected chi connectivity index (χ4v) is 2.02. The zero-order valence-corrected chi connectivity index (χ0v) is 13.7. The smallest absolute Gasteiger partial charge is 0.338 e. The Labute approximate surface area is 147 Å². The summed E-state index contributed by atoms with van der Waals surface area (Å²) in [6.45, 7) is -0.300. The molecule has 0 unspecified atom stereocenters. The number of ether oxygens (including phenoxy) is 2. The van der Waals surface area contributed by atoms with E-state index < -0.39 is 29.1 Å². The lowest BCUT2D eigenvalue weighted by molar-refractivity contribution is -0.385. The molecule has 1 N–H and O–H groups in total. The number of benzene rings is 2. The van der Waals surface area contributed by atoms with Crippen molar-refractivity contribution >= 4 is 17.6 Å². The van der Waals surface area contributed by atoms with Crippen molar-refractivity contribution in [2.75, 3.05) is 13.7 Å². The second-order valence-corrected chi connectivity index (χ2v) is 5.12. The van der Waals surface area contributed by atoms with Crippen LogP contribution in [0.3, 0.4) is 0 Å². The van der Waals surface area contributed by atoms with Gasteiger partial charge in [0.05, 0.1) is 17.6 Å². The number of esters is 1. The highest BCUT2D eigenvalue weighted by atomic mass is 19.1. The van der Waals surface area contributed by atoms with Gasteiger partial charge in [-0.15, -0.1) is 0 Å². The summed E-state index contributed by atoms with van der Waals surface area (Å²) in [6, 6.07) is 9.11. The Hall–Kier alpha value is -3.49. The van der Waals surface area contributed by atoms with Crippen LogP contribution in [0.4, 0.5) is 10.1 Å². The molecule has 26 heavy (non-hydrogen) atoms. The van der Waals surface area contributed by atoms with E-state index in [2.05, 4.69) is 10.1 Å². The summed E-state index contributed by atoms with van der Waals surface area (Å²) in [5.41, 5.74) is 0.222. The van der Waals surface area contributed by atoms with E-state index in [1.165, 1.54) is 36.4 Å². The minimum atomic E-state index is -0.725. The van der Waals surface area contributed by atoms with E-state index in [-0.39, 0.29) is 23.7 Å². The average molecular weight is 362 g/mol. The molecule has 9 heteroatoms. The monoisotopic (exact) mass is 362 g/mol. The number of hydrogen-bond donors (Lipinski definition) is 1. The first-order chi connectivity index (χ1) is 12.4. The highest BCUT2D eigenvalue weighted by Gasteiger charge is 2.20. The third-order valence-corrected chi connectivity index (χ3v) is 3.34. The maximum Gasteiger partial charge on any atom is 0.338 e. The van der Waals surface area contributed by atoms with Crippen molar-refractivity contribution in [1.82, 2.24) is 5.32 Å². The van der Waals surface area contributed by atoms with Crippen LogP contribution in [0, 0.1) is 15.9 Å². The summed E-state index contributed by atoms with van der Waals surface area (Å²) in [5, 5.41) is 13.7. The lowest BCUT2D eigenvalue weighted by Gasteiger charge is -2.09. The largest absolute Gasteiger partial charge is 0.477 e. The van der Waals surface area contributed by atoms with Gasteiger partial charge in [0, 0.05) is 12.6 Å². The molecule has 8 nitrogen and oxygen atoms in total. The molecule has 2 aromatic rings. The minimum absolute atomic E-state index is 0.00712. The fraction of sp³-hybridized carbons (Fsp3) is 0.176. The Bertz CT molecular complexity index is 823. The quantitative estimate of drug-likeness (QED) is 0.460. The first kappa shape index (κ1) is 18.8. The van der Waals surface area contributed by atoms with Crippen LogP contribution in [0.25, 0.3) is 0 Å². The predicted octanol–water partition coefficient (Wildman–Crippen LogP) is 2.22. The lowest BCUT2D eigenvalue weighted by atomic mass is 10.2. The number of hydrogen-bond acceptors (Lipinski definition) is 6. The Kier molecular flexibility index (Phi) is 6.20. The van der Waals surface area contributed by atoms with E-state index in [9.17, 15) is 24.1 Å². The number of nitrogens with zero attached hydrogens (tertiary/aromatic N) is 1. The molecule has 0 fully saturated rings. The van der Waals surface area contributed by atoms with Crippen molar-refractivity contribution < 1.29 is 28.4 Å². The van der Waals surface area contributed by atoms with Gasteiger partial charge >= 0.3 is 11.7 Å². The molecule has 0 atom stereocenters. The zero-order valence-electron chi connectivity index (χ0n) is 13.7. The van der Waals surface area contributed by atoms with Crippen molar-refractivity contribution in [2.24, 2.45) is 0 Å².